The first-order valence-corrected chi connectivity index (χ1v) is 23.8. The number of allylic oxidation sites excluding steroid dienone is 1. The van der Waals surface area contributed by atoms with Gasteiger partial charge in [-0.1, -0.05) is 31.2 Å². The Morgan fingerprint density at radius 3 is 2.43 bits per heavy atom. The van der Waals surface area contributed by atoms with Gasteiger partial charge in [-0.2, -0.15) is 0 Å². The van der Waals surface area contributed by atoms with E-state index in [1.54, 1.807) is 19.2 Å². The van der Waals surface area contributed by atoms with Crippen molar-refractivity contribution in [1.82, 2.24) is 4.90 Å². The number of aryl methyl sites for hydroxylation is 1. The molecule has 0 fully saturated rings. The van der Waals surface area contributed by atoms with Gasteiger partial charge in [-0.25, -0.2) is 0 Å². The van der Waals surface area contributed by atoms with Crippen LogP contribution >= 0.6 is 41.5 Å². The van der Waals surface area contributed by atoms with Crippen LogP contribution in [0.1, 0.15) is 69.1 Å². The molecule has 3 aromatic rings. The molecular weight excluding hydrogens is 962 g/mol. The van der Waals surface area contributed by atoms with Crippen molar-refractivity contribution in [2.45, 2.75) is 65.2 Å². The number of carbonyl (C=O) groups excluding carboxylic acids is 2. The second kappa shape index (κ2) is 20.7. The normalized spacial score (nSPS) is 12.7. The number of nitrogens with zero attached hydrogens (tertiary/aromatic N) is 1. The first-order chi connectivity index (χ1) is 23.7. The molecule has 0 spiro atoms. The van der Waals surface area contributed by atoms with Crippen molar-refractivity contribution >= 4 is 63.3 Å². The minimum atomic E-state index is -1.79. The van der Waals surface area contributed by atoms with Gasteiger partial charge >= 0.3 is 220 Å². The Labute approximate surface area is 320 Å². The monoisotopic (exact) mass is 1010 g/mol. The average molecular weight is 1010 g/mol. The molecular formula is C39H46FI3NO5-. The quantitative estimate of drug-likeness (QED) is 0.0769. The molecule has 0 saturated carbocycles. The molecule has 4 rings (SSSR count). The molecule has 10 heteroatoms. The van der Waals surface area contributed by atoms with Gasteiger partial charge < -0.3 is 14.4 Å². The summed E-state index contributed by atoms with van der Waals surface area (Å²) in [6, 6.07) is 15.8. The number of hydrogen-bond acceptors (Lipinski definition) is 6. The van der Waals surface area contributed by atoms with Crippen molar-refractivity contribution in [3.63, 3.8) is 0 Å². The molecule has 0 bridgehead atoms. The zero-order chi connectivity index (χ0) is 35.2. The van der Waals surface area contributed by atoms with Crippen LogP contribution in [0.2, 0.25) is 0 Å². The molecule has 1 aliphatic heterocycles. The van der Waals surface area contributed by atoms with E-state index in [1.165, 1.54) is 35.0 Å². The molecule has 0 radical (unpaired) electrons. The van der Waals surface area contributed by atoms with Crippen LogP contribution in [-0.2, 0) is 22.4 Å². The van der Waals surface area contributed by atoms with Crippen LogP contribution in [0, 0.1) is 13.0 Å². The Balaban J connectivity index is 1.34. The van der Waals surface area contributed by atoms with Gasteiger partial charge in [0.2, 0.25) is 0 Å². The molecule has 3 aromatic carbocycles. The summed E-state index contributed by atoms with van der Waals surface area (Å²) in [6.45, 7) is 8.41. The van der Waals surface area contributed by atoms with E-state index in [2.05, 4.69) is 55.9 Å². The summed E-state index contributed by atoms with van der Waals surface area (Å²) in [6.07, 6.45) is 8.96. The van der Waals surface area contributed by atoms with Gasteiger partial charge in [-0.05, 0) is 32.4 Å². The van der Waals surface area contributed by atoms with Crippen molar-refractivity contribution in [3.8, 4) is 17.2 Å². The number of hydrogen-bond donors (Lipinski definition) is 0. The van der Waals surface area contributed by atoms with Crippen molar-refractivity contribution in [2.24, 2.45) is 0 Å². The Morgan fingerprint density at radius 1 is 0.939 bits per heavy atom. The fourth-order valence-electron chi connectivity index (χ4n) is 5.40. The summed E-state index contributed by atoms with van der Waals surface area (Å²) < 4.78 is 40.4. The van der Waals surface area contributed by atoms with Gasteiger partial charge in [-0.3, -0.25) is 0 Å². The van der Waals surface area contributed by atoms with Crippen molar-refractivity contribution in [3.05, 3.63) is 90.3 Å². The van der Waals surface area contributed by atoms with E-state index in [-0.39, 0.29) is 19.8 Å². The van der Waals surface area contributed by atoms with Gasteiger partial charge in [0.1, 0.15) is 0 Å². The number of carbonyl (C=O) groups is 2. The predicted molar refractivity (Wildman–Crippen MR) is 211 cm³/mol. The predicted octanol–water partition coefficient (Wildman–Crippen LogP) is 5.77. The Bertz CT molecular complexity index is 1700. The number of fused-ring (bicyclic) bond motifs is 1. The zero-order valence-corrected chi connectivity index (χ0v) is 35.0. The molecule has 0 saturated heterocycles. The summed E-state index contributed by atoms with van der Waals surface area (Å²) >= 11 is -0.764. The van der Waals surface area contributed by atoms with Gasteiger partial charge in [0.05, 0.1) is 13.7 Å². The van der Waals surface area contributed by atoms with Crippen LogP contribution in [0.3, 0.4) is 0 Å². The van der Waals surface area contributed by atoms with E-state index >= 15 is 0 Å². The molecule has 0 N–H and O–H groups in total. The van der Waals surface area contributed by atoms with Gasteiger partial charge in [0.25, 0.3) is 0 Å². The standard InChI is InChI=1S/C39H46FI3NO5/c1-5-7-8-21-44(20-6-2)22-9-23-48-37-27-34-32(26-36(37)47-4)35(18-19-43(34)3)49-31-16-12-29(33(41)25-31)13-17-38(45)42-39(46)24-28-10-14-30(40)15-11-28/h10-12,14-16,18-19,25-27H,3,5-9,13,17,20-24H2,1-2,4H3/q-1. The average Bonchev–Trinajstić information content (AvgIpc) is 3.08. The van der Waals surface area contributed by atoms with E-state index in [0.29, 0.717) is 30.9 Å². The zero-order valence-electron chi connectivity index (χ0n) is 28.5. The van der Waals surface area contributed by atoms with Crippen LogP contribution in [0.15, 0.2) is 60.7 Å². The van der Waals surface area contributed by atoms with E-state index in [0.717, 1.165) is 64.2 Å². The molecule has 0 aliphatic carbocycles. The molecule has 0 atom stereocenters. The number of unbranched alkanes of at least 4 members (excludes halogenated alkanes) is 2. The van der Waals surface area contributed by atoms with Crippen LogP contribution in [-0.4, -0.2) is 54.4 Å². The maximum atomic E-state index is 13.1. The Hall–Kier alpha value is -2.04. The fraction of sp³-hybridized carbons (Fsp3) is 0.385. The first-order valence-electron chi connectivity index (χ1n) is 16.7. The third kappa shape index (κ3) is 12.6. The molecule has 49 heavy (non-hydrogen) atoms. The second-order valence-electron chi connectivity index (χ2n) is 11.8. The third-order valence-corrected chi connectivity index (χ3v) is 14.7. The second-order valence-corrected chi connectivity index (χ2v) is 20.0. The van der Waals surface area contributed by atoms with Gasteiger partial charge in [0.15, 0.2) is 5.75 Å². The van der Waals surface area contributed by atoms with Crippen molar-refractivity contribution in [1.29, 1.82) is 0 Å². The fourth-order valence-corrected chi connectivity index (χ4v) is 11.0. The van der Waals surface area contributed by atoms with E-state index in [1.807, 2.05) is 30.3 Å². The van der Waals surface area contributed by atoms with E-state index in [9.17, 15) is 14.0 Å². The van der Waals surface area contributed by atoms with Crippen molar-refractivity contribution in [2.75, 3.05) is 33.4 Å². The summed E-state index contributed by atoms with van der Waals surface area (Å²) in [5.74, 6) is 2.54. The number of halogens is 4. The van der Waals surface area contributed by atoms with Crippen LogP contribution in [0.25, 0.3) is 5.76 Å². The number of ether oxygens (including phenoxy) is 3. The first kappa shape index (κ1) is 39.7. The summed E-state index contributed by atoms with van der Waals surface area (Å²) in [4.78, 5) is 27.6. The molecule has 0 aromatic heterocycles. The topological polar surface area (TPSA) is 65.1 Å². The van der Waals surface area contributed by atoms with Crippen molar-refractivity contribution < 1.29 is 49.4 Å². The van der Waals surface area contributed by atoms with Crippen LogP contribution in [0.4, 0.5) is 4.39 Å². The summed E-state index contributed by atoms with van der Waals surface area (Å²) in [7, 11) is 1.67. The SMILES string of the molecule is C=I1=CC=C(Oc2ccc(CCC(=O)[I-]C(=O)Cc3ccc(F)cc3)c(I)c2)c2cc(OC)c(OCCCN(CCC)CCCCC)cc21. The molecule has 6 nitrogen and oxygen atoms in total. The Morgan fingerprint density at radius 2 is 1.71 bits per heavy atom. The number of rotatable bonds is 21. The Kier molecular flexibility index (Phi) is 16.8. The third-order valence-electron chi connectivity index (χ3n) is 7.95. The molecule has 266 valence electrons. The minimum absolute atomic E-state index is 0.00661. The molecule has 0 unspecified atom stereocenters. The van der Waals surface area contributed by atoms with Gasteiger partial charge in [-0.15, -0.1) is 0 Å². The summed E-state index contributed by atoms with van der Waals surface area (Å²) in [5.41, 5.74) is 2.75. The molecule has 1 aliphatic rings. The maximum absolute atomic E-state index is 13.1. The number of methoxy groups -OCH3 is 1. The molecule has 0 amide bonds. The van der Waals surface area contributed by atoms with Crippen LogP contribution in [0.5, 0.6) is 17.2 Å². The van der Waals surface area contributed by atoms with E-state index < -0.39 is 40.1 Å². The van der Waals surface area contributed by atoms with Crippen LogP contribution < -0.4 is 35.4 Å². The van der Waals surface area contributed by atoms with Gasteiger partial charge in [0, 0.05) is 6.54 Å². The van der Waals surface area contributed by atoms with E-state index in [4.69, 9.17) is 14.2 Å². The molecule has 1 heterocycles. The summed E-state index contributed by atoms with van der Waals surface area (Å²) in [5, 5.41) is 0. The number of benzene rings is 3.